The maximum absolute atomic E-state index is 14.9. The number of carbonyl (C=O) groups excluding carboxylic acids is 2. The second kappa shape index (κ2) is 14.2. The van der Waals surface area contributed by atoms with Crippen LogP contribution in [0, 0.1) is 12.7 Å². The lowest BCUT2D eigenvalue weighted by Crippen LogP contribution is -2.55. The molecule has 0 saturated heterocycles. The smallest absolute Gasteiger partial charge is 0.244 e. The largest absolute Gasteiger partial charge is 0.352 e. The average molecular weight is 614 g/mol. The van der Waals surface area contributed by atoms with Crippen molar-refractivity contribution in [3.05, 3.63) is 100 Å². The molecular formula is C32H37ClFN3O4S. The molecule has 224 valence electrons. The third-order valence-electron chi connectivity index (χ3n) is 7.64. The Morgan fingerprint density at radius 1 is 1.00 bits per heavy atom. The molecule has 1 aliphatic carbocycles. The van der Waals surface area contributed by atoms with Crippen molar-refractivity contribution in [3.8, 4) is 0 Å². The predicted molar refractivity (Wildman–Crippen MR) is 164 cm³/mol. The monoisotopic (exact) mass is 613 g/mol. The number of aryl methyl sites for hydroxylation is 1. The maximum atomic E-state index is 14.9. The summed E-state index contributed by atoms with van der Waals surface area (Å²) in [5, 5.41) is 3.44. The highest BCUT2D eigenvalue weighted by atomic mass is 35.5. The van der Waals surface area contributed by atoms with Crippen molar-refractivity contribution in [2.45, 2.75) is 64.1 Å². The Bertz CT molecular complexity index is 1500. The molecule has 1 N–H and O–H groups in total. The number of amides is 2. The molecule has 2 amide bonds. The maximum Gasteiger partial charge on any atom is 0.244 e. The fourth-order valence-corrected chi connectivity index (χ4v) is 6.42. The summed E-state index contributed by atoms with van der Waals surface area (Å²) in [6.45, 7) is 0.922. The zero-order chi connectivity index (χ0) is 30.3. The van der Waals surface area contributed by atoms with E-state index in [2.05, 4.69) is 5.32 Å². The zero-order valence-corrected chi connectivity index (χ0v) is 25.5. The second-order valence-corrected chi connectivity index (χ2v) is 13.2. The molecule has 42 heavy (non-hydrogen) atoms. The van der Waals surface area contributed by atoms with Crippen molar-refractivity contribution in [2.24, 2.45) is 0 Å². The number of hydrogen-bond donors (Lipinski definition) is 1. The van der Waals surface area contributed by atoms with Crippen LogP contribution in [0.15, 0.2) is 72.8 Å². The quantitative estimate of drug-likeness (QED) is 0.303. The van der Waals surface area contributed by atoms with E-state index in [0.717, 1.165) is 48.2 Å². The highest BCUT2D eigenvalue weighted by molar-refractivity contribution is 7.92. The molecule has 0 aliphatic heterocycles. The second-order valence-electron chi connectivity index (χ2n) is 10.9. The van der Waals surface area contributed by atoms with Crippen molar-refractivity contribution in [2.75, 3.05) is 17.1 Å². The predicted octanol–water partition coefficient (Wildman–Crippen LogP) is 5.64. The Labute approximate surface area is 252 Å². The molecule has 1 fully saturated rings. The van der Waals surface area contributed by atoms with E-state index in [1.807, 2.05) is 30.3 Å². The number of carbonyl (C=O) groups is 2. The third kappa shape index (κ3) is 8.32. The first kappa shape index (κ1) is 31.5. The molecule has 1 atom stereocenters. The van der Waals surface area contributed by atoms with Crippen molar-refractivity contribution in [3.63, 3.8) is 0 Å². The Balaban J connectivity index is 1.75. The number of nitrogens with one attached hydrogen (secondary N) is 1. The van der Waals surface area contributed by atoms with Crippen molar-refractivity contribution in [1.29, 1.82) is 0 Å². The molecule has 0 aromatic heterocycles. The van der Waals surface area contributed by atoms with Gasteiger partial charge in [0.25, 0.3) is 0 Å². The number of benzene rings is 3. The van der Waals surface area contributed by atoms with Crippen LogP contribution in [0.4, 0.5) is 10.1 Å². The van der Waals surface area contributed by atoms with E-state index in [9.17, 15) is 22.4 Å². The lowest BCUT2D eigenvalue weighted by molar-refractivity contribution is -0.140. The van der Waals surface area contributed by atoms with Gasteiger partial charge in [0.1, 0.15) is 18.4 Å². The molecule has 0 bridgehead atoms. The number of hydrogen-bond acceptors (Lipinski definition) is 4. The Kier molecular flexibility index (Phi) is 10.6. The van der Waals surface area contributed by atoms with Crippen LogP contribution in [-0.4, -0.2) is 50.0 Å². The molecule has 0 spiro atoms. The molecule has 1 aliphatic rings. The fourth-order valence-electron chi connectivity index (χ4n) is 5.35. The van der Waals surface area contributed by atoms with Gasteiger partial charge in [-0.15, -0.1) is 0 Å². The highest BCUT2D eigenvalue weighted by Gasteiger charge is 2.34. The van der Waals surface area contributed by atoms with E-state index in [4.69, 9.17) is 11.6 Å². The molecule has 3 aromatic carbocycles. The lowest BCUT2D eigenvalue weighted by Gasteiger charge is -2.35. The number of nitrogens with zero attached hydrogens (tertiary/aromatic N) is 2. The summed E-state index contributed by atoms with van der Waals surface area (Å²) in [6, 6.07) is 19.1. The van der Waals surface area contributed by atoms with Gasteiger partial charge in [-0.2, -0.15) is 0 Å². The normalized spacial score (nSPS) is 14.7. The van der Waals surface area contributed by atoms with Crippen molar-refractivity contribution < 1.29 is 22.4 Å². The molecule has 3 aromatic rings. The van der Waals surface area contributed by atoms with Gasteiger partial charge in [-0.25, -0.2) is 12.8 Å². The summed E-state index contributed by atoms with van der Waals surface area (Å²) in [5.41, 5.74) is 1.90. The Morgan fingerprint density at radius 2 is 1.67 bits per heavy atom. The Hall–Kier alpha value is -3.43. The van der Waals surface area contributed by atoms with Gasteiger partial charge in [0.15, 0.2) is 0 Å². The number of rotatable bonds is 11. The van der Waals surface area contributed by atoms with E-state index in [0.29, 0.717) is 10.6 Å². The average Bonchev–Trinajstić information content (AvgIpc) is 2.96. The van der Waals surface area contributed by atoms with Crippen LogP contribution in [0.5, 0.6) is 0 Å². The van der Waals surface area contributed by atoms with Gasteiger partial charge in [-0.3, -0.25) is 13.9 Å². The minimum absolute atomic E-state index is 0.0171. The molecule has 1 saturated carbocycles. The van der Waals surface area contributed by atoms with Crippen molar-refractivity contribution >= 4 is 39.1 Å². The van der Waals surface area contributed by atoms with Crippen LogP contribution in [-0.2, 0) is 32.6 Å². The van der Waals surface area contributed by atoms with Gasteiger partial charge in [0, 0.05) is 29.6 Å². The summed E-state index contributed by atoms with van der Waals surface area (Å²) >= 11 is 6.20. The molecule has 4 rings (SSSR count). The summed E-state index contributed by atoms with van der Waals surface area (Å²) in [4.78, 5) is 29.4. The van der Waals surface area contributed by atoms with E-state index < -0.39 is 34.3 Å². The first-order chi connectivity index (χ1) is 20.0. The number of halogens is 2. The third-order valence-corrected chi connectivity index (χ3v) is 9.00. The van der Waals surface area contributed by atoms with Gasteiger partial charge in [0.2, 0.25) is 21.8 Å². The van der Waals surface area contributed by atoms with Crippen LogP contribution in [0.25, 0.3) is 0 Å². The zero-order valence-electron chi connectivity index (χ0n) is 23.9. The van der Waals surface area contributed by atoms with Gasteiger partial charge >= 0.3 is 0 Å². The first-order valence-electron chi connectivity index (χ1n) is 14.1. The van der Waals surface area contributed by atoms with Crippen LogP contribution < -0.4 is 9.62 Å². The lowest BCUT2D eigenvalue weighted by atomic mass is 9.94. The SMILES string of the molecule is Cc1ccc(Cl)cc1N(CC(=O)N(Cc1ccccc1F)C(Cc1ccccc1)C(=O)NC1CCCCC1)S(C)(=O)=O. The number of anilines is 1. The van der Waals surface area contributed by atoms with Crippen LogP contribution in [0.1, 0.15) is 48.8 Å². The molecule has 1 unspecified atom stereocenters. The molecular weight excluding hydrogens is 577 g/mol. The molecule has 0 radical (unpaired) electrons. The van der Waals surface area contributed by atoms with E-state index in [1.54, 1.807) is 37.3 Å². The summed E-state index contributed by atoms with van der Waals surface area (Å²) in [6.07, 6.45) is 6.01. The van der Waals surface area contributed by atoms with Gasteiger partial charge in [-0.1, -0.05) is 85.5 Å². The molecule has 10 heteroatoms. The number of sulfonamides is 1. The van der Waals surface area contributed by atoms with Crippen LogP contribution >= 0.6 is 11.6 Å². The van der Waals surface area contributed by atoms with Crippen molar-refractivity contribution in [1.82, 2.24) is 10.2 Å². The summed E-state index contributed by atoms with van der Waals surface area (Å²) in [7, 11) is -3.94. The standard InChI is InChI=1S/C32H37ClFN3O4S/c1-23-17-18-26(33)20-29(23)37(42(2,40)41)22-31(38)36(21-25-13-9-10-16-28(25)34)30(19-24-11-5-3-6-12-24)32(39)35-27-14-7-4-8-15-27/h3,5-6,9-13,16-18,20,27,30H,4,7-8,14-15,19,21-22H2,1-2H3,(H,35,39). The van der Waals surface area contributed by atoms with Gasteiger partial charge < -0.3 is 10.2 Å². The van der Waals surface area contributed by atoms with E-state index in [1.165, 1.54) is 17.0 Å². The Morgan fingerprint density at radius 3 is 2.33 bits per heavy atom. The van der Waals surface area contributed by atoms with E-state index in [-0.39, 0.29) is 36.2 Å². The van der Waals surface area contributed by atoms with E-state index >= 15 is 0 Å². The summed E-state index contributed by atoms with van der Waals surface area (Å²) < 4.78 is 41.9. The highest BCUT2D eigenvalue weighted by Crippen LogP contribution is 2.27. The van der Waals surface area contributed by atoms with Crippen LogP contribution in [0.3, 0.4) is 0 Å². The first-order valence-corrected chi connectivity index (χ1v) is 16.4. The minimum Gasteiger partial charge on any atom is -0.352 e. The molecule has 0 heterocycles. The minimum atomic E-state index is -3.94. The van der Waals surface area contributed by atoms with Gasteiger partial charge in [0.05, 0.1) is 11.9 Å². The summed E-state index contributed by atoms with van der Waals surface area (Å²) in [5.74, 6) is -1.50. The molecule has 7 nitrogen and oxygen atoms in total. The van der Waals surface area contributed by atoms with Gasteiger partial charge in [-0.05, 0) is 49.1 Å². The van der Waals surface area contributed by atoms with Crippen LogP contribution in [0.2, 0.25) is 5.02 Å². The topological polar surface area (TPSA) is 86.8 Å². The fraction of sp³-hybridized carbons (Fsp3) is 0.375.